The average Bonchev–Trinajstić information content (AvgIpc) is 3.14. The lowest BCUT2D eigenvalue weighted by atomic mass is 9.82. The highest BCUT2D eigenvalue weighted by Crippen LogP contribution is 2.38. The topological polar surface area (TPSA) is 55.7 Å². The van der Waals surface area contributed by atoms with Gasteiger partial charge in [0.25, 0.3) is 8.32 Å². The van der Waals surface area contributed by atoms with Gasteiger partial charge in [0.2, 0.25) is 0 Å². The van der Waals surface area contributed by atoms with Crippen LogP contribution in [0.4, 0.5) is 0 Å². The maximum Gasteiger partial charge on any atom is 0.286 e. The van der Waals surface area contributed by atoms with Crippen molar-refractivity contribution in [2.75, 3.05) is 0 Å². The minimum atomic E-state index is -2.03. The molecule has 0 aromatic heterocycles. The lowest BCUT2D eigenvalue weighted by Crippen LogP contribution is -2.39. The number of ketones is 2. The summed E-state index contributed by atoms with van der Waals surface area (Å²) in [4.78, 5) is 26.7. The molecule has 1 saturated carbocycles. The Morgan fingerprint density at radius 2 is 1.48 bits per heavy atom. The molecule has 0 heterocycles. The van der Waals surface area contributed by atoms with Crippen LogP contribution >= 0.6 is 11.6 Å². The lowest BCUT2D eigenvalue weighted by Gasteiger charge is -2.33. The molecule has 1 aliphatic carbocycles. The molecule has 0 spiro atoms. The largest absolute Gasteiger partial charge is 0.455 e. The summed E-state index contributed by atoms with van der Waals surface area (Å²) in [5.41, 5.74) is 1.94. The van der Waals surface area contributed by atoms with Crippen molar-refractivity contribution in [1.82, 2.24) is 0 Å². The predicted molar refractivity (Wildman–Crippen MR) is 138 cm³/mol. The van der Waals surface area contributed by atoms with Gasteiger partial charge in [-0.25, -0.2) is 0 Å². The van der Waals surface area contributed by atoms with Crippen LogP contribution in [-0.4, -0.2) is 31.0 Å². The molecule has 2 atom stereocenters. The third kappa shape index (κ3) is 6.21. The number of benzene rings is 2. The van der Waals surface area contributed by atoms with Crippen molar-refractivity contribution < 1.29 is 14.1 Å². The van der Waals surface area contributed by atoms with Gasteiger partial charge >= 0.3 is 0 Å². The number of hydrogen-bond donors (Lipinski definition) is 0. The Morgan fingerprint density at radius 3 is 1.94 bits per heavy atom. The van der Waals surface area contributed by atoms with E-state index >= 15 is 0 Å². The molecule has 0 amide bonds. The summed E-state index contributed by atoms with van der Waals surface area (Å²) in [6.07, 6.45) is 1.77. The van der Waals surface area contributed by atoms with Crippen molar-refractivity contribution in [3.8, 4) is 0 Å². The highest BCUT2D eigenvalue weighted by atomic mass is 35.5. The third-order valence-corrected chi connectivity index (χ3v) is 11.5. The van der Waals surface area contributed by atoms with Gasteiger partial charge in [-0.1, -0.05) is 81.4 Å². The molecule has 0 bridgehead atoms. The fourth-order valence-corrected chi connectivity index (χ4v) is 4.79. The number of alkyl halides is 1. The van der Waals surface area contributed by atoms with Gasteiger partial charge in [-0.2, -0.15) is 0 Å². The first-order chi connectivity index (χ1) is 15.5. The van der Waals surface area contributed by atoms with Gasteiger partial charge < -0.3 is 4.53 Å². The molecule has 2 aromatic rings. The van der Waals surface area contributed by atoms with Crippen molar-refractivity contribution >= 4 is 37.2 Å². The second-order valence-electron chi connectivity index (χ2n) is 10.5. The van der Waals surface area contributed by atoms with E-state index < -0.39 is 14.2 Å². The zero-order chi connectivity index (χ0) is 24.2. The summed E-state index contributed by atoms with van der Waals surface area (Å²) >= 11 is 6.63. The van der Waals surface area contributed by atoms with Gasteiger partial charge in [-0.15, -0.1) is 16.8 Å². The zero-order valence-corrected chi connectivity index (χ0v) is 21.9. The molecule has 1 fully saturated rings. The van der Waals surface area contributed by atoms with Crippen molar-refractivity contribution in [1.29, 1.82) is 0 Å². The van der Waals surface area contributed by atoms with Crippen LogP contribution in [-0.2, 0) is 4.53 Å². The Bertz CT molecular complexity index is 948. The van der Waals surface area contributed by atoms with Crippen LogP contribution in [0.3, 0.4) is 0 Å². The van der Waals surface area contributed by atoms with Crippen LogP contribution in [0.5, 0.6) is 0 Å². The number of halogens is 1. The van der Waals surface area contributed by atoms with Gasteiger partial charge in [0, 0.05) is 11.1 Å². The van der Waals surface area contributed by atoms with E-state index in [1.807, 2.05) is 36.4 Å². The summed E-state index contributed by atoms with van der Waals surface area (Å²) in [5.74, 6) is -0.930. The highest BCUT2D eigenvalue weighted by Gasteiger charge is 2.41. The van der Waals surface area contributed by atoms with Gasteiger partial charge in [-0.3, -0.25) is 9.59 Å². The van der Waals surface area contributed by atoms with E-state index in [0.29, 0.717) is 30.4 Å². The van der Waals surface area contributed by atoms with Crippen LogP contribution < -0.4 is 0 Å². The molecule has 2 aromatic carbocycles. The summed E-state index contributed by atoms with van der Waals surface area (Å²) in [6.45, 7) is 10.8. The van der Waals surface area contributed by atoms with Crippen LogP contribution in [0.15, 0.2) is 65.8 Å². The summed E-state index contributed by atoms with van der Waals surface area (Å²) < 4.78 is 6.04. The Kier molecular flexibility index (Phi) is 7.96. The van der Waals surface area contributed by atoms with Crippen molar-refractivity contribution in [3.63, 3.8) is 0 Å². The standard InChI is InChI=1S/C27H34ClNO3Si/c1-27(2,3)33(4,5)32-29-24-18-19(17-23(24)28)16-22(25(30)20-12-8-6-9-13-20)26(31)21-14-10-7-11-15-21/h6-15,19,22-23H,16-18H2,1-5H3/b29-24-. The SMILES string of the molecule is CC(C)(C)[Si](C)(C)O/N=C1/CC(CC(C(=O)c2ccccc2)C(=O)c2ccccc2)CC1Cl. The predicted octanol–water partition coefficient (Wildman–Crippen LogP) is 7.15. The van der Waals surface area contributed by atoms with E-state index in [9.17, 15) is 9.59 Å². The van der Waals surface area contributed by atoms with E-state index in [4.69, 9.17) is 16.1 Å². The number of hydrogen-bond acceptors (Lipinski definition) is 4. The van der Waals surface area contributed by atoms with Gasteiger partial charge in [0.15, 0.2) is 11.6 Å². The molecule has 1 aliphatic rings. The molecule has 4 nitrogen and oxygen atoms in total. The number of carbonyl (C=O) groups excluding carboxylic acids is 2. The normalized spacial score (nSPS) is 20.3. The van der Waals surface area contributed by atoms with Crippen LogP contribution in [0.2, 0.25) is 18.1 Å². The molecular formula is C27H34ClNO3Si. The second kappa shape index (κ2) is 10.4. The zero-order valence-electron chi connectivity index (χ0n) is 20.2. The average molecular weight is 484 g/mol. The summed E-state index contributed by atoms with van der Waals surface area (Å²) in [6, 6.07) is 18.1. The van der Waals surface area contributed by atoms with Crippen molar-refractivity contribution in [3.05, 3.63) is 71.8 Å². The van der Waals surface area contributed by atoms with Gasteiger partial charge in [-0.05, 0) is 43.3 Å². The first kappa shape index (κ1) is 25.4. The molecule has 0 saturated heterocycles. The molecule has 0 N–H and O–H groups in total. The smallest absolute Gasteiger partial charge is 0.286 e. The quantitative estimate of drug-likeness (QED) is 0.132. The first-order valence-electron chi connectivity index (χ1n) is 11.6. The molecule has 3 rings (SSSR count). The Hall–Kier alpha value is -2.24. The number of carbonyl (C=O) groups is 2. The van der Waals surface area contributed by atoms with Crippen LogP contribution in [0, 0.1) is 11.8 Å². The van der Waals surface area contributed by atoms with E-state index in [1.54, 1.807) is 24.3 Å². The van der Waals surface area contributed by atoms with Crippen molar-refractivity contribution in [2.45, 2.75) is 63.5 Å². The molecule has 0 radical (unpaired) electrons. The second-order valence-corrected chi connectivity index (χ2v) is 15.7. The van der Waals surface area contributed by atoms with E-state index in [2.05, 4.69) is 39.0 Å². The number of oxime groups is 1. The van der Waals surface area contributed by atoms with Crippen LogP contribution in [0.1, 0.15) is 60.7 Å². The fourth-order valence-electron chi connectivity index (χ4n) is 3.79. The monoisotopic (exact) mass is 483 g/mol. The fraction of sp³-hybridized carbons (Fsp3) is 0.444. The molecule has 176 valence electrons. The number of rotatable bonds is 8. The van der Waals surface area contributed by atoms with E-state index in [1.165, 1.54) is 0 Å². The van der Waals surface area contributed by atoms with E-state index in [-0.39, 0.29) is 27.9 Å². The first-order valence-corrected chi connectivity index (χ1v) is 14.9. The minimum Gasteiger partial charge on any atom is -0.455 e. The number of Topliss-reactive ketones (excluding diaryl/α,β-unsaturated/α-hetero) is 2. The van der Waals surface area contributed by atoms with E-state index in [0.717, 1.165) is 5.71 Å². The molecular weight excluding hydrogens is 450 g/mol. The molecule has 2 unspecified atom stereocenters. The maximum absolute atomic E-state index is 13.4. The maximum atomic E-state index is 13.4. The molecule has 33 heavy (non-hydrogen) atoms. The van der Waals surface area contributed by atoms with Gasteiger partial charge in [0.05, 0.1) is 17.0 Å². The highest BCUT2D eigenvalue weighted by molar-refractivity contribution is 6.74. The summed E-state index contributed by atoms with van der Waals surface area (Å²) in [5, 5.41) is 4.29. The summed E-state index contributed by atoms with van der Waals surface area (Å²) in [7, 11) is -2.03. The van der Waals surface area contributed by atoms with Crippen molar-refractivity contribution in [2.24, 2.45) is 17.0 Å². The van der Waals surface area contributed by atoms with Crippen LogP contribution in [0.25, 0.3) is 0 Å². The molecule has 0 aliphatic heterocycles. The Morgan fingerprint density at radius 1 is 1.00 bits per heavy atom. The third-order valence-electron chi connectivity index (χ3n) is 6.92. The number of nitrogens with zero attached hydrogens (tertiary/aromatic N) is 1. The molecule has 6 heteroatoms. The Balaban J connectivity index is 1.79. The Labute approximate surface area is 203 Å². The van der Waals surface area contributed by atoms with Gasteiger partial charge in [0.1, 0.15) is 0 Å². The lowest BCUT2D eigenvalue weighted by molar-refractivity contribution is 0.0784. The minimum absolute atomic E-state index is 0.0478.